The smallest absolute Gasteiger partial charge is 0.224 e. The average molecular weight is 331 g/mol. The van der Waals surface area contributed by atoms with Crippen molar-refractivity contribution in [3.8, 4) is 0 Å². The van der Waals surface area contributed by atoms with Crippen molar-refractivity contribution in [2.75, 3.05) is 0 Å². The largest absolute Gasteiger partial charge is 0.448 e. The van der Waals surface area contributed by atoms with Crippen LogP contribution in [-0.2, 0) is 24.8 Å². The molecule has 0 aliphatic carbocycles. The molecule has 0 aliphatic heterocycles. The summed E-state index contributed by atoms with van der Waals surface area (Å²) in [6.45, 7) is 0.393. The van der Waals surface area contributed by atoms with Crippen LogP contribution in [0.1, 0.15) is 11.1 Å². The van der Waals surface area contributed by atoms with Crippen LogP contribution in [0.15, 0.2) is 52.0 Å². The van der Waals surface area contributed by atoms with E-state index in [1.54, 1.807) is 36.0 Å². The Balaban J connectivity index is 1.71. The van der Waals surface area contributed by atoms with Crippen molar-refractivity contribution in [2.24, 2.45) is 7.05 Å². The van der Waals surface area contributed by atoms with Crippen LogP contribution in [0.4, 0.5) is 0 Å². The van der Waals surface area contributed by atoms with Crippen LogP contribution < -0.4 is 10.7 Å². The van der Waals surface area contributed by atoms with Gasteiger partial charge in [0.15, 0.2) is 5.43 Å². The molecule has 0 bridgehead atoms. The monoisotopic (exact) mass is 330 g/mol. The van der Waals surface area contributed by atoms with E-state index in [9.17, 15) is 9.59 Å². The Hall–Kier alpha value is -2.53. The van der Waals surface area contributed by atoms with Crippen LogP contribution in [0, 0.1) is 0 Å². The van der Waals surface area contributed by atoms with Gasteiger partial charge in [0.2, 0.25) is 11.6 Å². The Bertz CT molecular complexity index is 910. The number of halogens is 1. The molecule has 6 heteroatoms. The Morgan fingerprint density at radius 2 is 2.00 bits per heavy atom. The molecule has 0 fully saturated rings. The molecule has 0 unspecified atom stereocenters. The van der Waals surface area contributed by atoms with Crippen LogP contribution in [0.2, 0.25) is 5.02 Å². The minimum Gasteiger partial charge on any atom is -0.448 e. The van der Waals surface area contributed by atoms with E-state index in [-0.39, 0.29) is 17.8 Å². The highest BCUT2D eigenvalue weighted by Crippen LogP contribution is 2.12. The number of aryl methyl sites for hydroxylation is 1. The lowest BCUT2D eigenvalue weighted by Gasteiger charge is -2.07. The number of pyridine rings is 1. The third kappa shape index (κ3) is 3.29. The second-order valence-electron chi connectivity index (χ2n) is 5.31. The molecule has 0 radical (unpaired) electrons. The summed E-state index contributed by atoms with van der Waals surface area (Å²) in [6, 6.07) is 8.85. The lowest BCUT2D eigenvalue weighted by molar-refractivity contribution is -0.120. The summed E-state index contributed by atoms with van der Waals surface area (Å²) in [7, 11) is 1.78. The van der Waals surface area contributed by atoms with E-state index in [0.29, 0.717) is 28.2 Å². The van der Waals surface area contributed by atoms with Crippen molar-refractivity contribution in [1.82, 2.24) is 9.88 Å². The molecule has 0 aliphatic rings. The summed E-state index contributed by atoms with van der Waals surface area (Å²) in [5.41, 5.74) is 1.71. The molecule has 3 aromatic rings. The zero-order chi connectivity index (χ0) is 16.4. The summed E-state index contributed by atoms with van der Waals surface area (Å²) in [4.78, 5) is 24.4. The normalized spacial score (nSPS) is 10.9. The number of carbonyl (C=O) groups excluding carboxylic acids is 1. The quantitative estimate of drug-likeness (QED) is 0.800. The molecule has 118 valence electrons. The Morgan fingerprint density at radius 3 is 2.74 bits per heavy atom. The number of fused-ring (bicyclic) bond motifs is 1. The van der Waals surface area contributed by atoms with E-state index in [4.69, 9.17) is 16.0 Å². The fourth-order valence-corrected chi connectivity index (χ4v) is 2.56. The maximum absolute atomic E-state index is 12.3. The van der Waals surface area contributed by atoms with Gasteiger partial charge in [-0.25, -0.2) is 0 Å². The van der Waals surface area contributed by atoms with Crippen LogP contribution in [0.5, 0.6) is 0 Å². The maximum atomic E-state index is 12.3. The fraction of sp³-hybridized carbons (Fsp3) is 0.176. The van der Waals surface area contributed by atoms with Crippen molar-refractivity contribution in [2.45, 2.75) is 13.0 Å². The third-order valence-corrected chi connectivity index (χ3v) is 3.86. The van der Waals surface area contributed by atoms with Crippen molar-refractivity contribution in [1.29, 1.82) is 0 Å². The van der Waals surface area contributed by atoms with Crippen LogP contribution in [-0.4, -0.2) is 10.5 Å². The summed E-state index contributed by atoms with van der Waals surface area (Å²) in [5.74, 6) is -0.208. The maximum Gasteiger partial charge on any atom is 0.224 e. The summed E-state index contributed by atoms with van der Waals surface area (Å²) in [6.07, 6.45) is 3.13. The number of rotatable bonds is 4. The van der Waals surface area contributed by atoms with Gasteiger partial charge in [-0.3, -0.25) is 9.59 Å². The first-order chi connectivity index (χ1) is 11.0. The Labute approximate surface area is 137 Å². The van der Waals surface area contributed by atoms with Gasteiger partial charge in [-0.15, -0.1) is 0 Å². The first-order valence-corrected chi connectivity index (χ1v) is 7.49. The molecule has 5 nitrogen and oxygen atoms in total. The van der Waals surface area contributed by atoms with Gasteiger partial charge in [0.25, 0.3) is 0 Å². The summed E-state index contributed by atoms with van der Waals surface area (Å²) >= 11 is 5.82. The van der Waals surface area contributed by atoms with E-state index in [0.717, 1.165) is 5.56 Å². The number of hydrogen-bond donors (Lipinski definition) is 1. The van der Waals surface area contributed by atoms with Crippen LogP contribution in [0.3, 0.4) is 0 Å². The lowest BCUT2D eigenvalue weighted by Crippen LogP contribution is -2.27. The molecular formula is C17H15ClN2O3. The molecule has 0 atom stereocenters. The Morgan fingerprint density at radius 1 is 1.26 bits per heavy atom. The number of nitrogens with one attached hydrogen (secondary N) is 1. The van der Waals surface area contributed by atoms with E-state index in [1.165, 1.54) is 6.26 Å². The fourth-order valence-electron chi connectivity index (χ4n) is 2.44. The molecule has 23 heavy (non-hydrogen) atoms. The van der Waals surface area contributed by atoms with Gasteiger partial charge < -0.3 is 14.3 Å². The molecule has 0 spiro atoms. The molecular weight excluding hydrogens is 316 g/mol. The number of amides is 1. The van der Waals surface area contributed by atoms with Gasteiger partial charge in [0, 0.05) is 30.4 Å². The molecule has 1 aromatic carbocycles. The van der Waals surface area contributed by atoms with E-state index < -0.39 is 0 Å². The molecule has 2 aromatic heterocycles. The van der Waals surface area contributed by atoms with Crippen LogP contribution >= 0.6 is 11.6 Å². The SMILES string of the molecule is Cn1cc(CC(=O)NCc2ccc(Cl)cc2)c(=O)c2ccoc21. The minimum atomic E-state index is -0.208. The van der Waals surface area contributed by atoms with E-state index in [2.05, 4.69) is 5.32 Å². The zero-order valence-corrected chi connectivity index (χ0v) is 13.3. The lowest BCUT2D eigenvalue weighted by atomic mass is 10.1. The van der Waals surface area contributed by atoms with Crippen molar-refractivity contribution in [3.05, 3.63) is 69.2 Å². The average Bonchev–Trinajstić information content (AvgIpc) is 3.02. The van der Waals surface area contributed by atoms with Gasteiger partial charge in [0.1, 0.15) is 0 Å². The van der Waals surface area contributed by atoms with E-state index in [1.807, 2.05) is 12.1 Å². The predicted molar refractivity (Wildman–Crippen MR) is 88.5 cm³/mol. The molecule has 3 rings (SSSR count). The van der Waals surface area contributed by atoms with Crippen molar-refractivity contribution in [3.63, 3.8) is 0 Å². The highest BCUT2D eigenvalue weighted by Gasteiger charge is 2.12. The number of benzene rings is 1. The number of aromatic nitrogens is 1. The molecule has 2 heterocycles. The second kappa shape index (κ2) is 6.30. The van der Waals surface area contributed by atoms with Gasteiger partial charge in [0.05, 0.1) is 18.1 Å². The Kier molecular flexibility index (Phi) is 4.21. The highest BCUT2D eigenvalue weighted by molar-refractivity contribution is 6.30. The second-order valence-corrected chi connectivity index (χ2v) is 5.75. The first-order valence-electron chi connectivity index (χ1n) is 7.11. The van der Waals surface area contributed by atoms with Gasteiger partial charge in [-0.1, -0.05) is 23.7 Å². The molecule has 0 saturated heterocycles. The van der Waals surface area contributed by atoms with Gasteiger partial charge >= 0.3 is 0 Å². The predicted octanol–water partition coefficient (Wildman–Crippen LogP) is 2.64. The summed E-state index contributed by atoms with van der Waals surface area (Å²) in [5, 5.41) is 3.93. The van der Waals surface area contributed by atoms with Gasteiger partial charge in [-0.2, -0.15) is 0 Å². The zero-order valence-electron chi connectivity index (χ0n) is 12.5. The molecule has 0 saturated carbocycles. The van der Waals surface area contributed by atoms with Crippen molar-refractivity contribution >= 4 is 28.6 Å². The number of furan rings is 1. The number of nitrogens with zero attached hydrogens (tertiary/aromatic N) is 1. The first kappa shape index (κ1) is 15.4. The topological polar surface area (TPSA) is 64.2 Å². The molecule has 1 amide bonds. The summed E-state index contributed by atoms with van der Waals surface area (Å²) < 4.78 is 6.96. The standard InChI is InChI=1S/C17H15ClN2O3/c1-20-10-12(16(22)14-6-7-23-17(14)20)8-15(21)19-9-11-2-4-13(18)5-3-11/h2-7,10H,8-9H2,1H3,(H,19,21). The number of carbonyl (C=O) groups is 1. The third-order valence-electron chi connectivity index (χ3n) is 3.60. The van der Waals surface area contributed by atoms with Crippen LogP contribution in [0.25, 0.3) is 11.1 Å². The number of hydrogen-bond acceptors (Lipinski definition) is 3. The van der Waals surface area contributed by atoms with Gasteiger partial charge in [-0.05, 0) is 23.8 Å². The highest BCUT2D eigenvalue weighted by atomic mass is 35.5. The van der Waals surface area contributed by atoms with E-state index >= 15 is 0 Å². The minimum absolute atomic E-state index is 0.0291. The van der Waals surface area contributed by atoms with Crippen molar-refractivity contribution < 1.29 is 9.21 Å². The molecule has 1 N–H and O–H groups in total.